The Bertz CT molecular complexity index is 938. The van der Waals surface area contributed by atoms with Crippen molar-refractivity contribution in [2.75, 3.05) is 0 Å². The van der Waals surface area contributed by atoms with Crippen molar-refractivity contribution in [3.63, 3.8) is 0 Å². The molecule has 0 atom stereocenters. The molecular formula is C24H28Cl2Hf-2. The van der Waals surface area contributed by atoms with Gasteiger partial charge in [-0.05, 0) is 27.7 Å². The minimum absolute atomic E-state index is 0. The molecule has 4 aromatic carbocycles. The van der Waals surface area contributed by atoms with Gasteiger partial charge in [-0.1, -0.05) is 36.1 Å². The molecule has 0 N–H and O–H groups in total. The first-order valence-corrected chi connectivity index (χ1v) is 8.63. The van der Waals surface area contributed by atoms with Gasteiger partial charge in [-0.2, -0.15) is 24.3 Å². The molecule has 0 aliphatic heterocycles. The molecular weight excluding hydrogens is 538 g/mol. The van der Waals surface area contributed by atoms with Crippen LogP contribution < -0.4 is 0 Å². The van der Waals surface area contributed by atoms with Crippen molar-refractivity contribution in [3.05, 3.63) is 81.9 Å². The topological polar surface area (TPSA) is 0 Å². The Hall–Kier alpha value is -0.890. The predicted molar refractivity (Wildman–Crippen MR) is 122 cm³/mol. The maximum Gasteiger partial charge on any atom is 0 e. The predicted octanol–water partition coefficient (Wildman–Crippen LogP) is 7.81. The maximum absolute atomic E-state index is 2.28. The molecule has 0 unspecified atom stereocenters. The van der Waals surface area contributed by atoms with Crippen LogP contribution in [-0.2, 0) is 25.8 Å². The van der Waals surface area contributed by atoms with Crippen molar-refractivity contribution in [2.24, 2.45) is 0 Å². The average molecular weight is 566 g/mol. The summed E-state index contributed by atoms with van der Waals surface area (Å²) in [6.07, 6.45) is 0. The fourth-order valence-corrected chi connectivity index (χ4v) is 3.24. The zero-order valence-corrected chi connectivity index (χ0v) is 22.2. The summed E-state index contributed by atoms with van der Waals surface area (Å²) in [5.74, 6) is 0. The number of fused-ring (bicyclic) bond motifs is 2. The second-order valence-electron chi connectivity index (χ2n) is 7.08. The Balaban J connectivity index is 0.000000451. The Morgan fingerprint density at radius 1 is 0.556 bits per heavy atom. The molecule has 4 rings (SSSR count). The molecule has 4 aromatic rings. The second kappa shape index (κ2) is 10.6. The monoisotopic (exact) mass is 566 g/mol. The third-order valence-corrected chi connectivity index (χ3v) is 5.21. The number of benzene rings is 2. The summed E-state index contributed by atoms with van der Waals surface area (Å²) in [5, 5.41) is 5.54. The molecule has 0 aliphatic carbocycles. The molecule has 0 bridgehead atoms. The normalized spacial score (nSPS) is 9.70. The van der Waals surface area contributed by atoms with Crippen molar-refractivity contribution in [2.45, 2.75) is 41.5 Å². The van der Waals surface area contributed by atoms with E-state index in [1.807, 2.05) is 0 Å². The van der Waals surface area contributed by atoms with E-state index in [-0.39, 0.29) is 50.7 Å². The number of hydrogen-bond donors (Lipinski definition) is 0. The van der Waals surface area contributed by atoms with Crippen LogP contribution in [0.4, 0.5) is 0 Å². The largest absolute Gasteiger partial charge is 0.168 e. The molecule has 0 saturated carbocycles. The number of hydrogen-bond acceptors (Lipinski definition) is 0. The van der Waals surface area contributed by atoms with Crippen LogP contribution in [-0.4, -0.2) is 0 Å². The van der Waals surface area contributed by atoms with Crippen LogP contribution in [0.5, 0.6) is 0 Å². The van der Waals surface area contributed by atoms with Gasteiger partial charge < -0.3 is 0 Å². The van der Waals surface area contributed by atoms with E-state index in [4.69, 9.17) is 0 Å². The zero-order chi connectivity index (χ0) is 17.4. The fourth-order valence-electron chi connectivity index (χ4n) is 3.24. The molecule has 27 heavy (non-hydrogen) atoms. The van der Waals surface area contributed by atoms with Gasteiger partial charge in [0.15, 0.2) is 0 Å². The van der Waals surface area contributed by atoms with Crippen molar-refractivity contribution in [3.8, 4) is 0 Å². The molecule has 0 heterocycles. The zero-order valence-electron chi connectivity index (χ0n) is 16.9. The summed E-state index contributed by atoms with van der Waals surface area (Å²) >= 11 is 0. The average Bonchev–Trinajstić information content (AvgIpc) is 3.06. The van der Waals surface area contributed by atoms with Crippen LogP contribution in [0, 0.1) is 41.5 Å². The first-order chi connectivity index (χ1) is 11.4. The molecule has 0 amide bonds. The van der Waals surface area contributed by atoms with Gasteiger partial charge in [0, 0.05) is 25.8 Å². The van der Waals surface area contributed by atoms with Crippen molar-refractivity contribution < 1.29 is 25.8 Å². The summed E-state index contributed by atoms with van der Waals surface area (Å²) in [6.45, 7) is 13.0. The Morgan fingerprint density at radius 2 is 0.852 bits per heavy atom. The first kappa shape index (κ1) is 26.1. The summed E-state index contributed by atoms with van der Waals surface area (Å²) in [4.78, 5) is 0. The van der Waals surface area contributed by atoms with Crippen LogP contribution >= 0.6 is 24.8 Å². The Labute approximate surface area is 194 Å². The smallest absolute Gasteiger partial charge is 0 e. The van der Waals surface area contributed by atoms with Gasteiger partial charge in [0.05, 0.1) is 0 Å². The van der Waals surface area contributed by atoms with Crippen molar-refractivity contribution in [1.29, 1.82) is 0 Å². The van der Waals surface area contributed by atoms with Crippen LogP contribution in [0.2, 0.25) is 0 Å². The molecule has 144 valence electrons. The quantitative estimate of drug-likeness (QED) is 0.151. The molecule has 0 saturated heterocycles. The van der Waals surface area contributed by atoms with E-state index < -0.39 is 0 Å². The standard InChI is InChI=1S/2C12H13.2ClH.Hf/c2*1-8-4-5-11-6-9(2)10(3)7-12(8)11;;;/h2*4-7H,1-3H3;2*1H;/q2*-1;;;. The van der Waals surface area contributed by atoms with Crippen LogP contribution in [0.25, 0.3) is 21.5 Å². The summed E-state index contributed by atoms with van der Waals surface area (Å²) < 4.78 is 0. The summed E-state index contributed by atoms with van der Waals surface area (Å²) in [5.41, 5.74) is 8.30. The third-order valence-electron chi connectivity index (χ3n) is 5.21. The molecule has 0 spiro atoms. The minimum Gasteiger partial charge on any atom is -0.168 e. The van der Waals surface area contributed by atoms with E-state index in [2.05, 4.69) is 90.1 Å². The van der Waals surface area contributed by atoms with E-state index in [9.17, 15) is 0 Å². The van der Waals surface area contributed by atoms with Gasteiger partial charge in [0.25, 0.3) is 0 Å². The molecule has 0 fully saturated rings. The van der Waals surface area contributed by atoms with Crippen LogP contribution in [0.15, 0.2) is 48.5 Å². The summed E-state index contributed by atoms with van der Waals surface area (Å²) in [6, 6.07) is 17.8. The van der Waals surface area contributed by atoms with Crippen LogP contribution in [0.3, 0.4) is 0 Å². The van der Waals surface area contributed by atoms with E-state index in [0.29, 0.717) is 0 Å². The third kappa shape index (κ3) is 5.56. The van der Waals surface area contributed by atoms with E-state index in [0.717, 1.165) is 0 Å². The molecule has 3 heteroatoms. The van der Waals surface area contributed by atoms with Crippen molar-refractivity contribution in [1.82, 2.24) is 0 Å². The first-order valence-electron chi connectivity index (χ1n) is 8.63. The van der Waals surface area contributed by atoms with E-state index in [1.165, 1.54) is 54.9 Å². The van der Waals surface area contributed by atoms with Gasteiger partial charge in [0.2, 0.25) is 0 Å². The molecule has 0 aromatic heterocycles. The Kier molecular flexibility index (Phi) is 10.2. The van der Waals surface area contributed by atoms with Gasteiger partial charge >= 0.3 is 0 Å². The van der Waals surface area contributed by atoms with Gasteiger partial charge in [-0.15, -0.1) is 81.8 Å². The summed E-state index contributed by atoms with van der Waals surface area (Å²) in [7, 11) is 0. The second-order valence-corrected chi connectivity index (χ2v) is 7.08. The minimum atomic E-state index is 0. The van der Waals surface area contributed by atoms with Crippen LogP contribution in [0.1, 0.15) is 33.4 Å². The van der Waals surface area contributed by atoms with E-state index in [1.54, 1.807) is 0 Å². The van der Waals surface area contributed by atoms with Gasteiger partial charge in [-0.3, -0.25) is 0 Å². The van der Waals surface area contributed by atoms with E-state index >= 15 is 0 Å². The number of aryl methyl sites for hydroxylation is 6. The molecule has 0 radical (unpaired) electrons. The SMILES string of the molecule is Cc1cc2cc[c-](C)c2cc1C.Cc1cc2cc[c-](C)c2cc1C.Cl.Cl.[Hf]. The fraction of sp³-hybridized carbons (Fsp3) is 0.250. The van der Waals surface area contributed by atoms with Crippen molar-refractivity contribution >= 4 is 46.4 Å². The molecule has 0 aliphatic rings. The number of halogens is 2. The van der Waals surface area contributed by atoms with Gasteiger partial charge in [0.1, 0.15) is 0 Å². The maximum atomic E-state index is 2.28. The molecule has 0 nitrogen and oxygen atoms in total. The number of rotatable bonds is 0. The van der Waals surface area contributed by atoms with Gasteiger partial charge in [-0.25, -0.2) is 0 Å². The Morgan fingerprint density at radius 3 is 1.19 bits per heavy atom.